The van der Waals surface area contributed by atoms with Crippen LogP contribution in [-0.4, -0.2) is 48.3 Å². The van der Waals surface area contributed by atoms with Crippen LogP contribution in [0.3, 0.4) is 0 Å². The van der Waals surface area contributed by atoms with Crippen molar-refractivity contribution in [3.8, 4) is 16.6 Å². The van der Waals surface area contributed by atoms with E-state index in [4.69, 9.17) is 0 Å². The number of hydrogen-bond donors (Lipinski definition) is 2. The summed E-state index contributed by atoms with van der Waals surface area (Å²) in [5.74, 6) is 0.104. The summed E-state index contributed by atoms with van der Waals surface area (Å²) in [6.07, 6.45) is 0.427. The van der Waals surface area contributed by atoms with Gasteiger partial charge >= 0.3 is 6.18 Å². The van der Waals surface area contributed by atoms with Crippen molar-refractivity contribution in [2.75, 3.05) is 18.4 Å². The Kier molecular flexibility index (Phi) is 7.13. The lowest BCUT2D eigenvalue weighted by Gasteiger charge is -2.31. The van der Waals surface area contributed by atoms with Gasteiger partial charge in [-0.05, 0) is 37.8 Å². The molecular weight excluding hydrogens is 487 g/mol. The maximum Gasteiger partial charge on any atom is 0.420 e. The molecule has 4 heterocycles. The highest BCUT2D eigenvalue weighted by Crippen LogP contribution is 2.41. The molecule has 1 aliphatic heterocycles. The van der Waals surface area contributed by atoms with Gasteiger partial charge in [-0.3, -0.25) is 4.68 Å². The highest BCUT2D eigenvalue weighted by molar-refractivity contribution is 7.97. The Labute approximate surface area is 202 Å². The largest absolute Gasteiger partial charge is 0.420 e. The number of hydrogen-bond acceptors (Lipinski definition) is 9. The molecule has 3 aromatic heterocycles. The molecule has 4 rings (SSSR count). The van der Waals surface area contributed by atoms with Crippen molar-refractivity contribution in [2.24, 2.45) is 7.05 Å². The maximum atomic E-state index is 13.7. The van der Waals surface area contributed by atoms with Crippen LogP contribution < -0.4 is 5.32 Å². The van der Waals surface area contributed by atoms with Crippen molar-refractivity contribution in [2.45, 2.75) is 43.0 Å². The number of rotatable bonds is 6. The van der Waals surface area contributed by atoms with Crippen molar-refractivity contribution < 1.29 is 18.3 Å². The number of nitriles is 1. The Morgan fingerprint density at radius 2 is 2.06 bits per heavy atom. The quantitative estimate of drug-likeness (QED) is 0.470. The summed E-state index contributed by atoms with van der Waals surface area (Å²) >= 11 is 2.55. The van der Waals surface area contributed by atoms with Crippen LogP contribution in [0.15, 0.2) is 29.6 Å². The number of thiophene rings is 1. The summed E-state index contributed by atoms with van der Waals surface area (Å²) in [7, 11) is 1.86. The lowest BCUT2D eigenvalue weighted by atomic mass is 10.1. The number of halogens is 3. The van der Waals surface area contributed by atoms with Gasteiger partial charge in [0.05, 0.1) is 38.2 Å². The number of aliphatic hydroxyl groups is 1. The van der Waals surface area contributed by atoms with Crippen LogP contribution in [0.2, 0.25) is 0 Å². The first-order valence-electron chi connectivity index (χ1n) is 10.5. The zero-order chi connectivity index (χ0) is 24.5. The average molecular weight is 510 g/mol. The van der Waals surface area contributed by atoms with E-state index in [0.717, 1.165) is 48.4 Å². The van der Waals surface area contributed by atoms with E-state index in [1.807, 2.05) is 19.3 Å². The molecule has 1 unspecified atom stereocenters. The first kappa shape index (κ1) is 24.5. The molecule has 0 saturated carbocycles. The molecule has 2 N–H and O–H groups in total. The van der Waals surface area contributed by atoms with E-state index in [1.54, 1.807) is 22.8 Å². The summed E-state index contributed by atoms with van der Waals surface area (Å²) in [4.78, 5) is 9.62. The molecule has 0 aromatic carbocycles. The molecule has 1 saturated heterocycles. The smallest absolute Gasteiger partial charge is 0.388 e. The summed E-state index contributed by atoms with van der Waals surface area (Å²) in [5, 5.41) is 26.5. The van der Waals surface area contributed by atoms with Gasteiger partial charge in [-0.25, -0.2) is 14.3 Å². The van der Waals surface area contributed by atoms with Gasteiger partial charge in [0.25, 0.3) is 0 Å². The Bertz CT molecular complexity index is 1190. The molecule has 0 amide bonds. The molecule has 1 aliphatic rings. The van der Waals surface area contributed by atoms with Crippen molar-refractivity contribution >= 4 is 29.2 Å². The summed E-state index contributed by atoms with van der Waals surface area (Å²) in [6, 6.07) is 3.28. The molecule has 1 fully saturated rings. The van der Waals surface area contributed by atoms with Gasteiger partial charge in [0.2, 0.25) is 5.95 Å². The van der Waals surface area contributed by atoms with Crippen LogP contribution in [0.4, 0.5) is 19.1 Å². The molecule has 3 aromatic rings. The zero-order valence-corrected chi connectivity index (χ0v) is 20.0. The van der Waals surface area contributed by atoms with E-state index in [9.17, 15) is 23.5 Å². The third-order valence-corrected chi connectivity index (χ3v) is 7.65. The van der Waals surface area contributed by atoms with Crippen LogP contribution in [0, 0.1) is 11.3 Å². The van der Waals surface area contributed by atoms with Crippen molar-refractivity contribution in [3.05, 3.63) is 40.7 Å². The third kappa shape index (κ3) is 5.52. The van der Waals surface area contributed by atoms with E-state index in [0.29, 0.717) is 4.88 Å². The van der Waals surface area contributed by atoms with Crippen LogP contribution in [-0.2, 0) is 13.2 Å². The Hall–Kier alpha value is -2.66. The van der Waals surface area contributed by atoms with E-state index in [-0.39, 0.29) is 28.1 Å². The standard InChI is InChI=1S/C21H22F3N7OS2/c1-12(32)19-13(8-25)7-17(33-19)18-16(21(22,23)24)10-26-20(29-18)28-14-3-5-31(6-4-14)34-15-9-27-30(2)11-15/h7,9-12,14,32H,3-6H2,1-2H3,(H,26,28,29). The number of aliphatic hydroxyl groups excluding tert-OH is 1. The first-order valence-corrected chi connectivity index (χ1v) is 12.1. The molecule has 8 nitrogen and oxygen atoms in total. The van der Waals surface area contributed by atoms with Gasteiger partial charge in [0, 0.05) is 38.6 Å². The van der Waals surface area contributed by atoms with Gasteiger partial charge in [0.1, 0.15) is 11.6 Å². The highest BCUT2D eigenvalue weighted by atomic mass is 32.2. The Morgan fingerprint density at radius 1 is 1.32 bits per heavy atom. The second-order valence-electron chi connectivity index (χ2n) is 7.92. The SMILES string of the molecule is CC(O)c1sc(-c2nc(NC3CCN(Sc4cnn(C)c4)CC3)ncc2C(F)(F)F)cc1C#N. The summed E-state index contributed by atoms with van der Waals surface area (Å²) in [6.45, 7) is 3.05. The van der Waals surface area contributed by atoms with Crippen LogP contribution in [0.25, 0.3) is 10.6 Å². The predicted molar refractivity (Wildman–Crippen MR) is 123 cm³/mol. The van der Waals surface area contributed by atoms with Crippen molar-refractivity contribution in [1.82, 2.24) is 24.1 Å². The molecule has 180 valence electrons. The minimum absolute atomic E-state index is 0.0152. The Morgan fingerprint density at radius 3 is 2.62 bits per heavy atom. The Balaban J connectivity index is 1.51. The van der Waals surface area contributed by atoms with Crippen molar-refractivity contribution in [1.29, 1.82) is 5.26 Å². The average Bonchev–Trinajstić information content (AvgIpc) is 3.40. The molecule has 34 heavy (non-hydrogen) atoms. The molecule has 0 radical (unpaired) electrons. The van der Waals surface area contributed by atoms with Crippen LogP contribution in [0.1, 0.15) is 41.9 Å². The van der Waals surface area contributed by atoms with E-state index < -0.39 is 17.8 Å². The lowest BCUT2D eigenvalue weighted by Crippen LogP contribution is -2.36. The normalized spacial score (nSPS) is 16.4. The van der Waals surface area contributed by atoms with Gasteiger partial charge in [-0.2, -0.15) is 23.5 Å². The third-order valence-electron chi connectivity index (χ3n) is 5.29. The molecule has 13 heteroatoms. The van der Waals surface area contributed by atoms with Gasteiger partial charge < -0.3 is 10.4 Å². The number of nitrogens with one attached hydrogen (secondary N) is 1. The van der Waals surface area contributed by atoms with Gasteiger partial charge in [-0.15, -0.1) is 11.3 Å². The monoisotopic (exact) mass is 509 g/mol. The summed E-state index contributed by atoms with van der Waals surface area (Å²) in [5.41, 5.74) is -1.15. The van der Waals surface area contributed by atoms with Gasteiger partial charge in [0.15, 0.2) is 0 Å². The fraction of sp³-hybridized carbons (Fsp3) is 0.429. The molecule has 0 bridgehead atoms. The minimum Gasteiger partial charge on any atom is -0.388 e. The van der Waals surface area contributed by atoms with E-state index in [1.165, 1.54) is 13.0 Å². The van der Waals surface area contributed by atoms with Crippen LogP contribution in [0.5, 0.6) is 0 Å². The van der Waals surface area contributed by atoms with E-state index >= 15 is 0 Å². The zero-order valence-electron chi connectivity index (χ0n) is 18.4. The first-order chi connectivity index (χ1) is 16.1. The summed E-state index contributed by atoms with van der Waals surface area (Å²) < 4.78 is 45.0. The second-order valence-corrected chi connectivity index (χ2v) is 10.2. The van der Waals surface area contributed by atoms with Gasteiger partial charge in [-0.1, -0.05) is 0 Å². The number of aryl methyl sites for hydroxylation is 1. The predicted octanol–water partition coefficient (Wildman–Crippen LogP) is 4.47. The second kappa shape index (κ2) is 9.91. The molecular formula is C21H22F3N7OS2. The van der Waals surface area contributed by atoms with Crippen molar-refractivity contribution in [3.63, 3.8) is 0 Å². The highest BCUT2D eigenvalue weighted by Gasteiger charge is 2.36. The minimum atomic E-state index is -4.66. The topological polar surface area (TPSA) is 103 Å². The molecule has 0 spiro atoms. The molecule has 0 aliphatic carbocycles. The fourth-order valence-electron chi connectivity index (χ4n) is 3.64. The number of anilines is 1. The maximum absolute atomic E-state index is 13.7. The lowest BCUT2D eigenvalue weighted by molar-refractivity contribution is -0.137. The molecule has 1 atom stereocenters. The number of aromatic nitrogens is 4. The van der Waals surface area contributed by atoms with E-state index in [2.05, 4.69) is 24.7 Å². The van der Waals surface area contributed by atoms with Crippen LogP contribution >= 0.6 is 23.3 Å². The fourth-order valence-corrected chi connectivity index (χ4v) is 5.67. The number of alkyl halides is 3. The number of nitrogens with zero attached hydrogens (tertiary/aromatic N) is 6. The number of piperidine rings is 1.